The second kappa shape index (κ2) is 8.39. The predicted octanol–water partition coefficient (Wildman–Crippen LogP) is 2.37. The molecule has 23 heavy (non-hydrogen) atoms. The van der Waals surface area contributed by atoms with Crippen molar-refractivity contribution in [2.45, 2.75) is 32.9 Å². The lowest BCUT2D eigenvalue weighted by Crippen LogP contribution is -2.38. The largest absolute Gasteiger partial charge is 0.351 e. The Morgan fingerprint density at radius 2 is 2.04 bits per heavy atom. The molecule has 4 nitrogen and oxygen atoms in total. The summed E-state index contributed by atoms with van der Waals surface area (Å²) in [5, 5.41) is 5.88. The lowest BCUT2D eigenvalue weighted by atomic mass is 10.1. The summed E-state index contributed by atoms with van der Waals surface area (Å²) in [4.78, 5) is 16.2. The third-order valence-electron chi connectivity index (χ3n) is 3.66. The zero-order valence-electron chi connectivity index (χ0n) is 13.5. The lowest BCUT2D eigenvalue weighted by molar-refractivity contribution is -0.120. The van der Waals surface area contributed by atoms with Crippen molar-refractivity contribution < 1.29 is 9.18 Å². The van der Waals surface area contributed by atoms with Crippen molar-refractivity contribution in [1.29, 1.82) is 0 Å². The Morgan fingerprint density at radius 1 is 1.26 bits per heavy atom. The Morgan fingerprint density at radius 3 is 2.78 bits per heavy atom. The number of carbonyl (C=O) groups is 1. The number of carbonyl (C=O) groups excluding carboxylic acids is 1. The van der Waals surface area contributed by atoms with E-state index in [0.29, 0.717) is 5.56 Å². The fraction of sp³-hybridized carbons (Fsp3) is 0.333. The van der Waals surface area contributed by atoms with Gasteiger partial charge in [0, 0.05) is 36.5 Å². The number of pyridine rings is 1. The minimum Gasteiger partial charge on any atom is -0.351 e. The van der Waals surface area contributed by atoms with Crippen LogP contribution in [0.1, 0.15) is 23.7 Å². The molecule has 1 heterocycles. The van der Waals surface area contributed by atoms with Gasteiger partial charge in [0.05, 0.1) is 6.54 Å². The molecule has 0 saturated carbocycles. The van der Waals surface area contributed by atoms with E-state index in [1.54, 1.807) is 24.4 Å². The Kier molecular flexibility index (Phi) is 6.23. The fourth-order valence-corrected chi connectivity index (χ4v) is 2.26. The van der Waals surface area contributed by atoms with Crippen LogP contribution in [-0.4, -0.2) is 23.5 Å². The van der Waals surface area contributed by atoms with Gasteiger partial charge in [-0.15, -0.1) is 0 Å². The fourth-order valence-electron chi connectivity index (χ4n) is 2.26. The van der Waals surface area contributed by atoms with Crippen LogP contribution in [0.4, 0.5) is 4.39 Å². The van der Waals surface area contributed by atoms with Crippen LogP contribution in [0, 0.1) is 12.7 Å². The van der Waals surface area contributed by atoms with Gasteiger partial charge in [0.2, 0.25) is 5.91 Å². The molecular weight excluding hydrogens is 293 g/mol. The number of hydrogen-bond acceptors (Lipinski definition) is 3. The highest BCUT2D eigenvalue weighted by Gasteiger charge is 2.09. The lowest BCUT2D eigenvalue weighted by Gasteiger charge is -2.14. The molecular formula is C18H22FN3O. The molecule has 2 rings (SSSR count). The quantitative estimate of drug-likeness (QED) is 0.825. The van der Waals surface area contributed by atoms with E-state index in [9.17, 15) is 9.18 Å². The van der Waals surface area contributed by atoms with E-state index in [1.807, 2.05) is 26.0 Å². The molecule has 0 saturated heterocycles. The molecule has 1 aromatic heterocycles. The van der Waals surface area contributed by atoms with Gasteiger partial charge in [0.1, 0.15) is 5.82 Å². The standard InChI is InChI=1S/C18H22FN3O/c1-13-6-5-9-20-17(13)10-14(2)21-12-18(23)22-11-15-7-3-4-8-16(15)19/h3-9,14,21H,10-12H2,1-2H3,(H,22,23)/t14-/m1/s1. The maximum absolute atomic E-state index is 13.5. The van der Waals surface area contributed by atoms with Crippen LogP contribution in [0.5, 0.6) is 0 Å². The van der Waals surface area contributed by atoms with E-state index in [1.165, 1.54) is 6.07 Å². The Labute approximate surface area is 136 Å². The molecule has 0 spiro atoms. The minimum absolute atomic E-state index is 0.128. The van der Waals surface area contributed by atoms with Crippen molar-refractivity contribution in [3.63, 3.8) is 0 Å². The van der Waals surface area contributed by atoms with E-state index in [4.69, 9.17) is 0 Å². The van der Waals surface area contributed by atoms with Gasteiger partial charge in [0.25, 0.3) is 0 Å². The van der Waals surface area contributed by atoms with Gasteiger partial charge in [-0.25, -0.2) is 4.39 Å². The average Bonchev–Trinajstić information content (AvgIpc) is 2.54. The third-order valence-corrected chi connectivity index (χ3v) is 3.66. The summed E-state index contributed by atoms with van der Waals surface area (Å²) in [6.07, 6.45) is 2.53. The van der Waals surface area contributed by atoms with Crippen molar-refractivity contribution in [2.75, 3.05) is 6.54 Å². The van der Waals surface area contributed by atoms with E-state index < -0.39 is 0 Å². The summed E-state index contributed by atoms with van der Waals surface area (Å²) in [6, 6.07) is 10.5. The van der Waals surface area contributed by atoms with Crippen molar-refractivity contribution >= 4 is 5.91 Å². The third kappa shape index (κ3) is 5.45. The van der Waals surface area contributed by atoms with Gasteiger partial charge in [-0.3, -0.25) is 9.78 Å². The van der Waals surface area contributed by atoms with Crippen LogP contribution >= 0.6 is 0 Å². The number of benzene rings is 1. The highest BCUT2D eigenvalue weighted by Crippen LogP contribution is 2.06. The molecule has 0 aliphatic heterocycles. The number of halogens is 1. The zero-order chi connectivity index (χ0) is 16.7. The Hall–Kier alpha value is -2.27. The van der Waals surface area contributed by atoms with E-state index >= 15 is 0 Å². The molecule has 1 amide bonds. The van der Waals surface area contributed by atoms with Gasteiger partial charge in [-0.05, 0) is 31.5 Å². The van der Waals surface area contributed by atoms with Crippen molar-refractivity contribution in [1.82, 2.24) is 15.6 Å². The first-order valence-corrected chi connectivity index (χ1v) is 7.70. The highest BCUT2D eigenvalue weighted by atomic mass is 19.1. The van der Waals surface area contributed by atoms with Crippen molar-refractivity contribution in [2.24, 2.45) is 0 Å². The molecule has 0 radical (unpaired) electrons. The molecule has 2 N–H and O–H groups in total. The minimum atomic E-state index is -0.306. The van der Waals surface area contributed by atoms with Gasteiger partial charge in [0.15, 0.2) is 0 Å². The monoisotopic (exact) mass is 315 g/mol. The van der Waals surface area contributed by atoms with Gasteiger partial charge >= 0.3 is 0 Å². The molecule has 1 atom stereocenters. The molecule has 0 fully saturated rings. The van der Waals surface area contributed by atoms with Crippen molar-refractivity contribution in [3.8, 4) is 0 Å². The normalized spacial score (nSPS) is 12.0. The molecule has 5 heteroatoms. The first-order valence-electron chi connectivity index (χ1n) is 7.70. The maximum atomic E-state index is 13.5. The first-order chi connectivity index (χ1) is 11.1. The molecule has 1 aromatic carbocycles. The molecule has 0 bridgehead atoms. The van der Waals surface area contributed by atoms with Crippen LogP contribution in [0.15, 0.2) is 42.6 Å². The highest BCUT2D eigenvalue weighted by molar-refractivity contribution is 5.78. The smallest absolute Gasteiger partial charge is 0.234 e. The van der Waals surface area contributed by atoms with E-state index in [2.05, 4.69) is 15.6 Å². The van der Waals surface area contributed by atoms with Gasteiger partial charge < -0.3 is 10.6 Å². The molecule has 0 aliphatic carbocycles. The van der Waals surface area contributed by atoms with Gasteiger partial charge in [-0.2, -0.15) is 0 Å². The van der Waals surface area contributed by atoms with Crippen LogP contribution in [0.3, 0.4) is 0 Å². The molecule has 2 aromatic rings. The number of nitrogens with one attached hydrogen (secondary N) is 2. The summed E-state index contributed by atoms with van der Waals surface area (Å²) in [6.45, 7) is 4.43. The first kappa shape index (κ1) is 17.1. The summed E-state index contributed by atoms with van der Waals surface area (Å²) < 4.78 is 13.5. The van der Waals surface area contributed by atoms with Gasteiger partial charge in [-0.1, -0.05) is 24.3 Å². The Balaban J connectivity index is 1.74. The number of aromatic nitrogens is 1. The second-order valence-corrected chi connectivity index (χ2v) is 5.62. The number of hydrogen-bond donors (Lipinski definition) is 2. The van der Waals surface area contributed by atoms with Crippen molar-refractivity contribution in [3.05, 3.63) is 65.2 Å². The van der Waals surface area contributed by atoms with Crippen LogP contribution < -0.4 is 10.6 Å². The molecule has 122 valence electrons. The second-order valence-electron chi connectivity index (χ2n) is 5.62. The predicted molar refractivity (Wildman–Crippen MR) is 88.4 cm³/mol. The SMILES string of the molecule is Cc1cccnc1C[C@@H](C)NCC(=O)NCc1ccccc1F. The summed E-state index contributed by atoms with van der Waals surface area (Å²) >= 11 is 0. The van der Waals surface area contributed by atoms with E-state index in [-0.39, 0.29) is 30.9 Å². The number of nitrogens with zero attached hydrogens (tertiary/aromatic N) is 1. The van der Waals surface area contributed by atoms with Crippen LogP contribution in [-0.2, 0) is 17.8 Å². The molecule has 0 aliphatic rings. The topological polar surface area (TPSA) is 54.0 Å². The Bertz CT molecular complexity index is 660. The number of amides is 1. The summed E-state index contributed by atoms with van der Waals surface area (Å²) in [5.74, 6) is -0.461. The number of rotatable bonds is 7. The average molecular weight is 315 g/mol. The summed E-state index contributed by atoms with van der Waals surface area (Å²) in [5.41, 5.74) is 2.66. The zero-order valence-corrected chi connectivity index (χ0v) is 13.5. The maximum Gasteiger partial charge on any atom is 0.234 e. The van der Waals surface area contributed by atoms with E-state index in [0.717, 1.165) is 17.7 Å². The van der Waals surface area contributed by atoms with Crippen LogP contribution in [0.2, 0.25) is 0 Å². The van der Waals surface area contributed by atoms with Crippen LogP contribution in [0.25, 0.3) is 0 Å². The number of aryl methyl sites for hydroxylation is 1. The summed E-state index contributed by atoms with van der Waals surface area (Å²) in [7, 11) is 0. The molecule has 0 unspecified atom stereocenters.